The zero-order chi connectivity index (χ0) is 51.1. The first-order valence-electron chi connectivity index (χ1n) is 25.8. The second kappa shape index (κ2) is 18.3. The Morgan fingerprint density at radius 3 is 2.35 bits per heavy atom. The van der Waals surface area contributed by atoms with Crippen molar-refractivity contribution in [2.75, 3.05) is 37.7 Å². The third kappa shape index (κ3) is 8.26. The summed E-state index contributed by atoms with van der Waals surface area (Å²) < 4.78 is 116. The van der Waals surface area contributed by atoms with Crippen LogP contribution in [0.1, 0.15) is 95.8 Å². The summed E-state index contributed by atoms with van der Waals surface area (Å²) in [5.74, 6) is -0.320. The molecule has 5 heterocycles. The number of rotatable bonds is 11. The van der Waals surface area contributed by atoms with Crippen LogP contribution in [0.2, 0.25) is 16.6 Å². The van der Waals surface area contributed by atoms with Crippen LogP contribution in [0.5, 0.6) is 6.01 Å². The van der Waals surface area contributed by atoms with E-state index in [0.717, 1.165) is 17.2 Å². The molecule has 4 fully saturated rings. The van der Waals surface area contributed by atoms with Crippen molar-refractivity contribution in [3.05, 3.63) is 119 Å². The highest BCUT2D eigenvalue weighted by Crippen LogP contribution is 2.45. The van der Waals surface area contributed by atoms with E-state index in [-0.39, 0.29) is 98.7 Å². The normalized spacial score (nSPS) is 23.4. The van der Waals surface area contributed by atoms with Gasteiger partial charge in [0, 0.05) is 57.1 Å². The number of ether oxygens (including phenoxy) is 2. The van der Waals surface area contributed by atoms with Crippen LogP contribution in [0.4, 0.5) is 29.1 Å². The van der Waals surface area contributed by atoms with Crippen molar-refractivity contribution in [1.29, 1.82) is 0 Å². The second-order valence-electron chi connectivity index (χ2n) is 19.6. The SMILES string of the molecule is [2H]C1([2H])CCO[C@H]2C[C@H]2N1c1nc(OC([2H])([2H])[C@@]23CCCN2C[C@H](F)C3)nc2c(F)c(-c3cc(N=C(c4ccccc4)c4ccccc4)cc4cc(F)c(F)c(C#C[Si](C(C)C)(C(C)C)C(C)C)c34)ncc12. The van der Waals surface area contributed by atoms with E-state index in [1.807, 2.05) is 60.7 Å². The molecule has 3 saturated heterocycles. The summed E-state index contributed by atoms with van der Waals surface area (Å²) in [6.45, 7) is 8.68. The first-order chi connectivity index (χ1) is 34.3. The Morgan fingerprint density at radius 1 is 0.956 bits per heavy atom. The van der Waals surface area contributed by atoms with Crippen molar-refractivity contribution < 1.29 is 32.5 Å². The van der Waals surface area contributed by atoms with E-state index in [1.54, 1.807) is 17.0 Å². The number of nitrogens with zero attached hydrogens (tertiary/aromatic N) is 6. The van der Waals surface area contributed by atoms with E-state index in [1.165, 1.54) is 11.1 Å². The van der Waals surface area contributed by atoms with Gasteiger partial charge in [-0.2, -0.15) is 9.97 Å². The summed E-state index contributed by atoms with van der Waals surface area (Å²) in [6, 6.07) is 22.1. The first kappa shape index (κ1) is 41.3. The second-order valence-corrected chi connectivity index (χ2v) is 25.1. The minimum absolute atomic E-state index is 0.00122. The highest BCUT2D eigenvalue weighted by molar-refractivity contribution is 6.90. The number of aromatic nitrogens is 3. The van der Waals surface area contributed by atoms with Gasteiger partial charge in [0.15, 0.2) is 17.5 Å². The van der Waals surface area contributed by atoms with Gasteiger partial charge in [0.25, 0.3) is 0 Å². The van der Waals surface area contributed by atoms with Crippen molar-refractivity contribution in [1.82, 2.24) is 19.9 Å². The van der Waals surface area contributed by atoms with Gasteiger partial charge in [-0.1, -0.05) is 108 Å². The van der Waals surface area contributed by atoms with Gasteiger partial charge in [-0.3, -0.25) is 9.88 Å². The molecule has 0 amide bonds. The third-order valence-electron chi connectivity index (χ3n) is 14.5. The fraction of sp³-hybridized carbons (Fsp3) is 0.418. The molecule has 0 radical (unpaired) electrons. The number of alkyl halides is 1. The molecule has 0 N–H and O–H groups in total. The summed E-state index contributed by atoms with van der Waals surface area (Å²) in [5.41, 5.74) is 4.04. The molecule has 0 spiro atoms. The van der Waals surface area contributed by atoms with E-state index >= 15 is 17.6 Å². The number of benzene rings is 4. The lowest BCUT2D eigenvalue weighted by Crippen LogP contribution is -2.43. The van der Waals surface area contributed by atoms with Crippen molar-refractivity contribution in [3.8, 4) is 28.7 Å². The molecule has 68 heavy (non-hydrogen) atoms. The fourth-order valence-corrected chi connectivity index (χ4v) is 16.4. The van der Waals surface area contributed by atoms with Gasteiger partial charge in [0.2, 0.25) is 0 Å². The van der Waals surface area contributed by atoms with E-state index in [4.69, 9.17) is 19.5 Å². The number of anilines is 1. The van der Waals surface area contributed by atoms with Crippen LogP contribution in [-0.4, -0.2) is 90.2 Å². The standard InChI is InChI=1S/C55H58F4N6O2Si/c1-33(2)68(34(3)4,35(5)6)24-19-41-47-38(26-44(57)48(41)58)25-40(61-50(36-15-9-7-10-16-36)37-17-11-8-12-18-37)27-42(47)51-49(59)52-43(30-60-51)53(65-22-14-23-66-46-28-45(46)65)63-54(62-52)67-32-55-20-13-21-64(55)31-39(56)29-55/h7-12,15-18,25-27,30,33-35,39,45-46H,13-14,20-23,28-29,31-32H2,1-6H3/t39-,45-,46+,55+/m1/s1/i22D2,32D2. The maximum atomic E-state index is 18.4. The van der Waals surface area contributed by atoms with Gasteiger partial charge >= 0.3 is 6.01 Å². The van der Waals surface area contributed by atoms with Gasteiger partial charge < -0.3 is 14.4 Å². The molecule has 6 aromatic rings. The van der Waals surface area contributed by atoms with Crippen LogP contribution in [0, 0.1) is 28.9 Å². The van der Waals surface area contributed by atoms with Crippen LogP contribution in [0.3, 0.4) is 0 Å². The van der Waals surface area contributed by atoms with Gasteiger partial charge in [0.1, 0.15) is 37.8 Å². The topological polar surface area (TPSA) is 76.0 Å². The monoisotopic (exact) mass is 942 g/mol. The van der Waals surface area contributed by atoms with Crippen molar-refractivity contribution >= 4 is 47.0 Å². The van der Waals surface area contributed by atoms with Crippen LogP contribution in [-0.2, 0) is 4.74 Å². The maximum Gasteiger partial charge on any atom is 0.319 e. The number of hydrogen-bond acceptors (Lipinski definition) is 8. The van der Waals surface area contributed by atoms with E-state index < -0.39 is 62.3 Å². The van der Waals surface area contributed by atoms with Gasteiger partial charge in [-0.15, -0.1) is 5.54 Å². The molecule has 4 atom stereocenters. The van der Waals surface area contributed by atoms with Crippen LogP contribution in [0.15, 0.2) is 90.1 Å². The number of aliphatic imine (C=N–C) groups is 1. The molecule has 2 aromatic heterocycles. The number of halogens is 4. The molecular formula is C55H58F4N6O2Si. The molecule has 4 aromatic carbocycles. The average molecular weight is 943 g/mol. The lowest BCUT2D eigenvalue weighted by molar-refractivity contribution is 0.107. The van der Waals surface area contributed by atoms with Gasteiger partial charge in [-0.05, 0) is 72.4 Å². The van der Waals surface area contributed by atoms with E-state index in [0.29, 0.717) is 31.5 Å². The zero-order valence-corrected chi connectivity index (χ0v) is 40.2. The lowest BCUT2D eigenvalue weighted by Gasteiger charge is -2.38. The Hall–Kier alpha value is -5.68. The minimum atomic E-state index is -2.57. The maximum absolute atomic E-state index is 18.4. The van der Waals surface area contributed by atoms with Crippen molar-refractivity contribution in [2.45, 2.75) is 114 Å². The molecule has 352 valence electrons. The molecule has 1 saturated carbocycles. The predicted octanol–water partition coefficient (Wildman–Crippen LogP) is 12.3. The highest BCUT2D eigenvalue weighted by atomic mass is 28.3. The average Bonchev–Trinajstić information content (AvgIpc) is 3.85. The smallest absolute Gasteiger partial charge is 0.319 e. The fourth-order valence-electron chi connectivity index (χ4n) is 11.2. The van der Waals surface area contributed by atoms with Crippen LogP contribution < -0.4 is 9.64 Å². The summed E-state index contributed by atoms with van der Waals surface area (Å²) in [4.78, 5) is 22.3. The molecule has 13 heteroatoms. The molecule has 3 aliphatic heterocycles. The molecule has 0 unspecified atom stereocenters. The Morgan fingerprint density at radius 2 is 1.66 bits per heavy atom. The van der Waals surface area contributed by atoms with Crippen molar-refractivity contribution in [3.63, 3.8) is 0 Å². The van der Waals surface area contributed by atoms with Gasteiger partial charge in [-0.25, -0.2) is 22.6 Å². The number of hydrogen-bond donors (Lipinski definition) is 0. The van der Waals surface area contributed by atoms with E-state index in [2.05, 4.69) is 63.0 Å². The van der Waals surface area contributed by atoms with Gasteiger partial charge in [0.05, 0.1) is 42.8 Å². The minimum Gasteiger partial charge on any atom is -0.461 e. The zero-order valence-electron chi connectivity index (χ0n) is 43.2. The quantitative estimate of drug-likeness (QED) is 0.0554. The Kier molecular flexibility index (Phi) is 11.1. The Labute approximate surface area is 402 Å². The van der Waals surface area contributed by atoms with Crippen LogP contribution >= 0.6 is 0 Å². The largest absolute Gasteiger partial charge is 0.461 e. The molecule has 0 bridgehead atoms. The summed E-state index contributed by atoms with van der Waals surface area (Å²) >= 11 is 0. The summed E-state index contributed by atoms with van der Waals surface area (Å²) in [7, 11) is -2.57. The Balaban J connectivity index is 1.25. The first-order valence-corrected chi connectivity index (χ1v) is 26.0. The predicted molar refractivity (Wildman–Crippen MR) is 265 cm³/mol. The lowest BCUT2D eigenvalue weighted by atomic mass is 9.94. The molecule has 4 aliphatic rings. The molecular weight excluding hydrogens is 881 g/mol. The van der Waals surface area contributed by atoms with Crippen LogP contribution in [0.25, 0.3) is 32.9 Å². The van der Waals surface area contributed by atoms with Crippen molar-refractivity contribution in [2.24, 2.45) is 4.99 Å². The summed E-state index contributed by atoms with van der Waals surface area (Å²) in [6.07, 6.45) is 0.886. The number of fused-ring (bicyclic) bond motifs is 4. The highest BCUT2D eigenvalue weighted by Gasteiger charge is 2.50. The molecule has 8 nitrogen and oxygen atoms in total. The Bertz CT molecular complexity index is 3110. The molecule has 1 aliphatic carbocycles. The number of pyridine rings is 1. The van der Waals surface area contributed by atoms with E-state index in [9.17, 15) is 5.48 Å². The third-order valence-corrected chi connectivity index (χ3v) is 20.8. The molecule has 10 rings (SSSR count). The summed E-state index contributed by atoms with van der Waals surface area (Å²) in [5, 5.41) is 0.277.